The number of primary amides is 1. The Morgan fingerprint density at radius 3 is 1.04 bits per heavy atom. The molecule has 0 aromatic carbocycles. The second-order valence-electron chi connectivity index (χ2n) is 14.4. The average molecular weight is 818 g/mol. The normalized spacial score (nSPS) is 13.2. The van der Waals surface area contributed by atoms with Crippen molar-refractivity contribution >= 4 is 47.4 Å². The van der Waals surface area contributed by atoms with Crippen molar-refractivity contribution in [3.05, 3.63) is 0 Å². The van der Waals surface area contributed by atoms with Gasteiger partial charge in [-0.05, 0) is 38.5 Å². The molecule has 0 saturated carbocycles. The first-order chi connectivity index (χ1) is 27.1. The SMILES string of the molecule is NC(=O)CC[C@H](NC(=O)CC[C@H](NC(=O)CC[C@H](NC(=O)CC[C@H](NC(=O)CCCCCCCCCCCCCCCCCO)C(=O)O)C(=O)O)C(O)O)C(=O)O. The molecule has 5 amide bonds. The fourth-order valence-electron chi connectivity index (χ4n) is 5.97. The zero-order valence-electron chi connectivity index (χ0n) is 33.1. The number of hydrogen-bond acceptors (Lipinski definition) is 11. The summed E-state index contributed by atoms with van der Waals surface area (Å²) in [6.07, 6.45) is 11.3. The van der Waals surface area contributed by atoms with E-state index in [4.69, 9.17) is 10.8 Å². The van der Waals surface area contributed by atoms with Gasteiger partial charge in [0.05, 0.1) is 6.04 Å². The molecule has 0 bridgehead atoms. The highest BCUT2D eigenvalue weighted by Crippen LogP contribution is 2.14. The van der Waals surface area contributed by atoms with Crippen molar-refractivity contribution in [1.29, 1.82) is 0 Å². The molecule has 0 aliphatic heterocycles. The summed E-state index contributed by atoms with van der Waals surface area (Å²) >= 11 is 0. The Kier molecular flexibility index (Phi) is 30.2. The quantitative estimate of drug-likeness (QED) is 0.0311. The third kappa shape index (κ3) is 29.5. The molecule has 19 heteroatoms. The standard InChI is InChI=1S/C38H67N5O14/c39-30(45)21-17-26(35(50)51)41-32(47)23-19-28(37(54)55)43-34(49)24-20-29(38(56)57)42-33(48)22-18-27(36(52)53)40-31(46)16-14-12-10-8-6-4-2-1-3-5-7-9-11-13-15-25-44/h26-29,37,44,54-55H,1-25H2,(H2,39,45)(H,40,46)(H,41,47)(H,42,48)(H,43,49)(H,50,51)(H,52,53)(H,56,57)/t26-,27-,28-,29-/m0/s1. The molecule has 0 heterocycles. The van der Waals surface area contributed by atoms with Crippen LogP contribution in [0.3, 0.4) is 0 Å². The van der Waals surface area contributed by atoms with Gasteiger partial charge in [-0.2, -0.15) is 0 Å². The van der Waals surface area contributed by atoms with Crippen molar-refractivity contribution in [2.75, 3.05) is 6.61 Å². The summed E-state index contributed by atoms with van der Waals surface area (Å²) in [5.74, 6) is -8.02. The van der Waals surface area contributed by atoms with Crippen molar-refractivity contribution in [3.63, 3.8) is 0 Å². The van der Waals surface area contributed by atoms with Gasteiger partial charge in [0, 0.05) is 38.7 Å². The fourth-order valence-corrected chi connectivity index (χ4v) is 5.97. The van der Waals surface area contributed by atoms with E-state index in [1.165, 1.54) is 51.4 Å². The minimum Gasteiger partial charge on any atom is -0.480 e. The van der Waals surface area contributed by atoms with Gasteiger partial charge in [-0.3, -0.25) is 24.0 Å². The van der Waals surface area contributed by atoms with Crippen LogP contribution in [-0.2, 0) is 38.4 Å². The first-order valence-corrected chi connectivity index (χ1v) is 20.2. The predicted octanol–water partition coefficient (Wildman–Crippen LogP) is 1.33. The van der Waals surface area contributed by atoms with Gasteiger partial charge in [-0.25, -0.2) is 14.4 Å². The van der Waals surface area contributed by atoms with Gasteiger partial charge in [0.25, 0.3) is 0 Å². The number of carboxylic acid groups (broad SMARTS) is 3. The summed E-state index contributed by atoms with van der Waals surface area (Å²) in [6.45, 7) is 0.276. The van der Waals surface area contributed by atoms with Crippen LogP contribution in [0.15, 0.2) is 0 Å². The monoisotopic (exact) mass is 817 g/mol. The van der Waals surface area contributed by atoms with Gasteiger partial charge >= 0.3 is 17.9 Å². The second-order valence-corrected chi connectivity index (χ2v) is 14.4. The van der Waals surface area contributed by atoms with E-state index in [-0.39, 0.29) is 38.7 Å². The minimum atomic E-state index is -2.14. The van der Waals surface area contributed by atoms with E-state index in [2.05, 4.69) is 21.3 Å². The number of unbranched alkanes of at least 4 members (excludes halogenated alkanes) is 14. The molecule has 0 saturated heterocycles. The molecule has 0 aromatic heterocycles. The largest absolute Gasteiger partial charge is 0.480 e. The zero-order chi connectivity index (χ0) is 43.0. The molecule has 328 valence electrons. The lowest BCUT2D eigenvalue weighted by atomic mass is 10.0. The number of aliphatic carboxylic acids is 3. The highest BCUT2D eigenvalue weighted by Gasteiger charge is 2.27. The summed E-state index contributed by atoms with van der Waals surface area (Å²) in [5.41, 5.74) is 5.00. The topological polar surface area (TPSA) is 332 Å². The van der Waals surface area contributed by atoms with Crippen LogP contribution in [0.25, 0.3) is 0 Å². The van der Waals surface area contributed by atoms with E-state index in [0.717, 1.165) is 38.5 Å². The van der Waals surface area contributed by atoms with Gasteiger partial charge in [-0.15, -0.1) is 0 Å². The van der Waals surface area contributed by atoms with Gasteiger partial charge in [0.2, 0.25) is 29.5 Å². The van der Waals surface area contributed by atoms with E-state index in [1.54, 1.807) is 0 Å². The van der Waals surface area contributed by atoms with Gasteiger partial charge < -0.3 is 57.6 Å². The van der Waals surface area contributed by atoms with Crippen molar-refractivity contribution in [2.24, 2.45) is 5.73 Å². The molecule has 0 radical (unpaired) electrons. The summed E-state index contributed by atoms with van der Waals surface area (Å²) in [7, 11) is 0. The Hall–Kier alpha value is -4.36. The zero-order valence-corrected chi connectivity index (χ0v) is 33.1. The number of rotatable bonds is 37. The molecule has 0 aliphatic carbocycles. The Morgan fingerprint density at radius 1 is 0.404 bits per heavy atom. The maximum Gasteiger partial charge on any atom is 0.326 e. The van der Waals surface area contributed by atoms with Gasteiger partial charge in [0.1, 0.15) is 18.1 Å². The molecule has 12 N–H and O–H groups in total. The first kappa shape index (κ1) is 52.6. The van der Waals surface area contributed by atoms with Crippen LogP contribution in [0.5, 0.6) is 0 Å². The molecule has 0 fully saturated rings. The number of carboxylic acids is 3. The molecular formula is C38H67N5O14. The maximum absolute atomic E-state index is 12.5. The Balaban J connectivity index is 4.49. The molecule has 0 unspecified atom stereocenters. The van der Waals surface area contributed by atoms with Crippen LogP contribution in [0.2, 0.25) is 0 Å². The number of nitrogens with one attached hydrogen (secondary N) is 4. The van der Waals surface area contributed by atoms with Crippen LogP contribution in [-0.4, -0.2) is 115 Å². The fraction of sp³-hybridized carbons (Fsp3) is 0.789. The van der Waals surface area contributed by atoms with E-state index >= 15 is 0 Å². The van der Waals surface area contributed by atoms with E-state index < -0.39 is 104 Å². The smallest absolute Gasteiger partial charge is 0.326 e. The van der Waals surface area contributed by atoms with Crippen molar-refractivity contribution in [3.8, 4) is 0 Å². The van der Waals surface area contributed by atoms with Gasteiger partial charge in [0.15, 0.2) is 6.29 Å². The summed E-state index contributed by atoms with van der Waals surface area (Å²) < 4.78 is 0. The molecule has 19 nitrogen and oxygen atoms in total. The highest BCUT2D eigenvalue weighted by molar-refractivity contribution is 5.87. The van der Waals surface area contributed by atoms with Crippen LogP contribution in [0.1, 0.15) is 154 Å². The third-order valence-electron chi connectivity index (χ3n) is 9.35. The summed E-state index contributed by atoms with van der Waals surface area (Å²) in [4.78, 5) is 95.3. The van der Waals surface area contributed by atoms with Crippen molar-refractivity contribution in [1.82, 2.24) is 21.3 Å². The molecular weight excluding hydrogens is 750 g/mol. The Labute approximate surface area is 334 Å². The predicted molar refractivity (Wildman–Crippen MR) is 206 cm³/mol. The average Bonchev–Trinajstić information content (AvgIpc) is 3.14. The number of nitrogens with two attached hydrogens (primary N) is 1. The lowest BCUT2D eigenvalue weighted by Gasteiger charge is -2.22. The molecule has 0 rings (SSSR count). The van der Waals surface area contributed by atoms with Crippen LogP contribution < -0.4 is 27.0 Å². The number of hydrogen-bond donors (Lipinski definition) is 11. The van der Waals surface area contributed by atoms with Gasteiger partial charge in [-0.1, -0.05) is 83.5 Å². The molecule has 0 aliphatic rings. The van der Waals surface area contributed by atoms with E-state index in [1.807, 2.05) is 0 Å². The first-order valence-electron chi connectivity index (χ1n) is 20.2. The number of aliphatic hydroxyl groups excluding tert-OH is 2. The Morgan fingerprint density at radius 2 is 0.702 bits per heavy atom. The maximum atomic E-state index is 12.5. The lowest BCUT2D eigenvalue weighted by Crippen LogP contribution is -2.46. The third-order valence-corrected chi connectivity index (χ3v) is 9.35. The molecule has 57 heavy (non-hydrogen) atoms. The summed E-state index contributed by atoms with van der Waals surface area (Å²) in [6, 6.07) is -5.78. The Bertz CT molecular complexity index is 1230. The molecule has 0 aromatic rings. The van der Waals surface area contributed by atoms with Crippen molar-refractivity contribution in [2.45, 2.75) is 185 Å². The molecule has 4 atom stereocenters. The number of carbonyl (C=O) groups is 8. The van der Waals surface area contributed by atoms with E-state index in [9.17, 15) is 63.9 Å². The number of aliphatic hydroxyl groups is 3. The highest BCUT2D eigenvalue weighted by atomic mass is 16.5. The molecule has 0 spiro atoms. The van der Waals surface area contributed by atoms with E-state index in [0.29, 0.717) is 6.42 Å². The van der Waals surface area contributed by atoms with Crippen LogP contribution >= 0.6 is 0 Å². The summed E-state index contributed by atoms with van der Waals surface area (Å²) in [5, 5.41) is 65.4. The van der Waals surface area contributed by atoms with Crippen LogP contribution in [0.4, 0.5) is 0 Å². The van der Waals surface area contributed by atoms with Crippen molar-refractivity contribution < 1.29 is 69.0 Å². The number of amides is 5. The second kappa shape index (κ2) is 32.7. The lowest BCUT2D eigenvalue weighted by molar-refractivity contribution is -0.143. The van der Waals surface area contributed by atoms with Crippen LogP contribution in [0, 0.1) is 0 Å². The minimum absolute atomic E-state index is 0.129. The number of carbonyl (C=O) groups excluding carboxylic acids is 5.